The van der Waals surface area contributed by atoms with Crippen molar-refractivity contribution in [3.05, 3.63) is 34.9 Å². The topological polar surface area (TPSA) is 35.5 Å². The zero-order valence-electron chi connectivity index (χ0n) is 8.78. The van der Waals surface area contributed by atoms with Crippen LogP contribution in [0.3, 0.4) is 0 Å². The average molecular weight is 308 g/mol. The third kappa shape index (κ3) is 4.51. The van der Waals surface area contributed by atoms with Gasteiger partial charge in [0.05, 0.1) is 20.3 Å². The van der Waals surface area contributed by atoms with Crippen molar-refractivity contribution in [1.82, 2.24) is 0 Å². The van der Waals surface area contributed by atoms with Crippen molar-refractivity contribution in [3.8, 4) is 0 Å². The second-order valence-electron chi connectivity index (χ2n) is 3.14. The summed E-state index contributed by atoms with van der Waals surface area (Å²) in [7, 11) is 1.34. The molecule has 1 rings (SSSR count). The van der Waals surface area contributed by atoms with Gasteiger partial charge in [0.25, 0.3) is 0 Å². The maximum atomic E-state index is 11.0. The Bertz CT molecular complexity index is 357. The highest BCUT2D eigenvalue weighted by Crippen LogP contribution is 2.12. The molecule has 0 radical (unpaired) electrons. The molecule has 0 heterocycles. The summed E-state index contributed by atoms with van der Waals surface area (Å²) in [5, 5.41) is 0.671. The van der Waals surface area contributed by atoms with Crippen LogP contribution in [-0.4, -0.2) is 24.5 Å². The van der Waals surface area contributed by atoms with E-state index in [1.54, 1.807) is 6.07 Å². The van der Waals surface area contributed by atoms with Gasteiger partial charge in [-0.3, -0.25) is 4.79 Å². The van der Waals surface area contributed by atoms with Crippen LogP contribution in [0.2, 0.25) is 5.02 Å². The number of esters is 1. The van der Waals surface area contributed by atoms with Crippen molar-refractivity contribution >= 4 is 33.5 Å². The first-order valence-corrected chi connectivity index (χ1v) is 5.97. The van der Waals surface area contributed by atoms with E-state index in [9.17, 15) is 4.79 Å². The van der Waals surface area contributed by atoms with Gasteiger partial charge in [-0.15, -0.1) is 0 Å². The van der Waals surface area contributed by atoms with Gasteiger partial charge in [0.15, 0.2) is 0 Å². The van der Waals surface area contributed by atoms with Gasteiger partial charge in [0, 0.05) is 5.02 Å². The monoisotopic (exact) mass is 306 g/mol. The van der Waals surface area contributed by atoms with Crippen molar-refractivity contribution in [2.24, 2.45) is 0 Å². The highest BCUT2D eigenvalue weighted by molar-refractivity contribution is 9.10. The van der Waals surface area contributed by atoms with E-state index in [4.69, 9.17) is 16.3 Å². The third-order valence-electron chi connectivity index (χ3n) is 1.88. The summed E-state index contributed by atoms with van der Waals surface area (Å²) in [6.07, 6.45) is 0. The van der Waals surface area contributed by atoms with Crippen LogP contribution < -0.4 is 0 Å². The Morgan fingerprint density at radius 3 is 2.94 bits per heavy atom. The number of carbonyl (C=O) groups is 1. The number of ether oxygens (including phenoxy) is 2. The Morgan fingerprint density at radius 2 is 2.31 bits per heavy atom. The molecule has 1 unspecified atom stereocenters. The predicted octanol–water partition coefficient (Wildman–Crippen LogP) is 2.79. The molecular formula is C11H12BrClO3. The molecular weight excluding hydrogens is 295 g/mol. The highest BCUT2D eigenvalue weighted by atomic mass is 79.9. The zero-order chi connectivity index (χ0) is 12.0. The molecule has 16 heavy (non-hydrogen) atoms. The fraction of sp³-hybridized carbons (Fsp3) is 0.364. The Kier molecular flexibility index (Phi) is 5.80. The molecule has 5 heteroatoms. The fourth-order valence-corrected chi connectivity index (χ4v) is 1.69. The molecule has 0 bridgehead atoms. The van der Waals surface area contributed by atoms with E-state index in [-0.39, 0.29) is 12.6 Å². The van der Waals surface area contributed by atoms with Gasteiger partial charge in [-0.2, -0.15) is 0 Å². The van der Waals surface area contributed by atoms with Crippen LogP contribution in [0.25, 0.3) is 0 Å². The summed E-state index contributed by atoms with van der Waals surface area (Å²) in [5.41, 5.74) is 0.970. The third-order valence-corrected chi connectivity index (χ3v) is 2.75. The number of alkyl halides is 1. The lowest BCUT2D eigenvalue weighted by Crippen LogP contribution is -2.21. The number of carbonyl (C=O) groups excluding carboxylic acids is 1. The Balaban J connectivity index is 2.33. The van der Waals surface area contributed by atoms with Gasteiger partial charge in [-0.1, -0.05) is 39.7 Å². The molecule has 0 saturated heterocycles. The van der Waals surface area contributed by atoms with Crippen molar-refractivity contribution in [2.45, 2.75) is 11.4 Å². The van der Waals surface area contributed by atoms with Crippen molar-refractivity contribution in [2.75, 3.05) is 13.7 Å². The van der Waals surface area contributed by atoms with E-state index < -0.39 is 4.83 Å². The molecule has 0 spiro atoms. The van der Waals surface area contributed by atoms with Crippen LogP contribution >= 0.6 is 27.5 Å². The minimum absolute atomic E-state index is 0.263. The maximum absolute atomic E-state index is 11.0. The van der Waals surface area contributed by atoms with Gasteiger partial charge < -0.3 is 9.47 Å². The van der Waals surface area contributed by atoms with Crippen molar-refractivity contribution in [1.29, 1.82) is 0 Å². The fourth-order valence-electron chi connectivity index (χ4n) is 1.10. The maximum Gasteiger partial charge on any atom is 0.321 e. The van der Waals surface area contributed by atoms with E-state index in [1.165, 1.54) is 7.11 Å². The molecule has 0 aliphatic carbocycles. The lowest BCUT2D eigenvalue weighted by atomic mass is 10.2. The van der Waals surface area contributed by atoms with Crippen LogP contribution in [0, 0.1) is 0 Å². The van der Waals surface area contributed by atoms with Crippen molar-refractivity contribution in [3.63, 3.8) is 0 Å². The summed E-state index contributed by atoms with van der Waals surface area (Å²) >= 11 is 8.99. The normalized spacial score (nSPS) is 12.2. The van der Waals surface area contributed by atoms with Crippen LogP contribution in [0.1, 0.15) is 5.56 Å². The zero-order valence-corrected chi connectivity index (χ0v) is 11.1. The van der Waals surface area contributed by atoms with E-state index in [0.29, 0.717) is 11.6 Å². The smallest absolute Gasteiger partial charge is 0.321 e. The van der Waals surface area contributed by atoms with Gasteiger partial charge >= 0.3 is 5.97 Å². The van der Waals surface area contributed by atoms with E-state index in [0.717, 1.165) is 5.56 Å². The quantitative estimate of drug-likeness (QED) is 0.620. The Labute approximate surface area is 108 Å². The number of methoxy groups -OCH3 is 1. The summed E-state index contributed by atoms with van der Waals surface area (Å²) in [6.45, 7) is 0.679. The van der Waals surface area contributed by atoms with Gasteiger partial charge in [0.1, 0.15) is 4.83 Å². The van der Waals surface area contributed by atoms with Gasteiger partial charge in [-0.05, 0) is 17.7 Å². The Morgan fingerprint density at radius 1 is 1.56 bits per heavy atom. The first-order chi connectivity index (χ1) is 7.63. The second kappa shape index (κ2) is 6.89. The van der Waals surface area contributed by atoms with Crippen LogP contribution in [0.5, 0.6) is 0 Å². The standard InChI is InChI=1S/C11H12BrClO3/c1-15-11(14)10(12)7-16-6-8-3-2-4-9(13)5-8/h2-5,10H,6-7H2,1H3. The molecule has 1 aromatic rings. The number of benzene rings is 1. The predicted molar refractivity (Wildman–Crippen MR) is 65.8 cm³/mol. The number of rotatable bonds is 5. The summed E-state index contributed by atoms with van der Waals surface area (Å²) in [5.74, 6) is -0.342. The number of hydrogen-bond acceptors (Lipinski definition) is 3. The molecule has 3 nitrogen and oxygen atoms in total. The lowest BCUT2D eigenvalue weighted by molar-refractivity contribution is -0.141. The minimum atomic E-state index is -0.434. The van der Waals surface area contributed by atoms with Crippen molar-refractivity contribution < 1.29 is 14.3 Å². The minimum Gasteiger partial charge on any atom is -0.468 e. The number of halogens is 2. The van der Waals surface area contributed by atoms with Gasteiger partial charge in [-0.25, -0.2) is 0 Å². The number of hydrogen-bond donors (Lipinski definition) is 0. The molecule has 0 fully saturated rings. The first-order valence-electron chi connectivity index (χ1n) is 4.67. The van der Waals surface area contributed by atoms with Gasteiger partial charge in [0.2, 0.25) is 0 Å². The molecule has 0 amide bonds. The van der Waals surface area contributed by atoms with E-state index >= 15 is 0 Å². The van der Waals surface area contributed by atoms with Crippen LogP contribution in [0.4, 0.5) is 0 Å². The Hall–Kier alpha value is -0.580. The SMILES string of the molecule is COC(=O)C(Br)COCc1cccc(Cl)c1. The molecule has 0 aromatic heterocycles. The molecule has 0 aliphatic heterocycles. The summed E-state index contributed by atoms with van der Waals surface area (Å²) < 4.78 is 9.90. The van der Waals surface area contributed by atoms with Crippen LogP contribution in [-0.2, 0) is 20.9 Å². The first kappa shape index (κ1) is 13.5. The average Bonchev–Trinajstić information content (AvgIpc) is 2.28. The molecule has 0 aliphatic rings. The molecule has 1 aromatic carbocycles. The van der Waals surface area contributed by atoms with Crippen LogP contribution in [0.15, 0.2) is 24.3 Å². The molecule has 0 saturated carbocycles. The lowest BCUT2D eigenvalue weighted by Gasteiger charge is -2.08. The second-order valence-corrected chi connectivity index (χ2v) is 4.68. The molecule has 0 N–H and O–H groups in total. The molecule has 88 valence electrons. The summed E-state index contributed by atoms with van der Waals surface area (Å²) in [4.78, 5) is 10.6. The molecule has 1 atom stereocenters. The van der Waals surface area contributed by atoms with E-state index in [2.05, 4.69) is 20.7 Å². The largest absolute Gasteiger partial charge is 0.468 e. The highest BCUT2D eigenvalue weighted by Gasteiger charge is 2.14. The summed E-state index contributed by atoms with van der Waals surface area (Å²) in [6, 6.07) is 7.38. The van der Waals surface area contributed by atoms with E-state index in [1.807, 2.05) is 18.2 Å².